The van der Waals surface area contributed by atoms with Gasteiger partial charge in [-0.1, -0.05) is 23.5 Å². The van der Waals surface area contributed by atoms with Crippen LogP contribution in [0.25, 0.3) is 22.6 Å². The van der Waals surface area contributed by atoms with Gasteiger partial charge in [0.05, 0.1) is 22.8 Å². The van der Waals surface area contributed by atoms with Crippen LogP contribution in [0, 0.1) is 0 Å². The monoisotopic (exact) mass is 553 g/mol. The molecule has 0 bridgehead atoms. The Labute approximate surface area is 216 Å². The Kier molecular flexibility index (Phi) is 6.59. The molecule has 2 aromatic carbocycles. The van der Waals surface area contributed by atoms with Gasteiger partial charge < -0.3 is 14.9 Å². The highest BCUT2D eigenvalue weighted by molar-refractivity contribution is 7.17. The maximum Gasteiger partial charge on any atom is 0.417 e. The van der Waals surface area contributed by atoms with E-state index < -0.39 is 29.0 Å². The lowest BCUT2D eigenvalue weighted by Crippen LogP contribution is -2.44. The molecule has 1 aliphatic rings. The van der Waals surface area contributed by atoms with Crippen molar-refractivity contribution in [3.05, 3.63) is 69.7 Å². The molecular weight excluding hydrogens is 532 g/mol. The summed E-state index contributed by atoms with van der Waals surface area (Å²) in [5, 5.41) is 18.7. The van der Waals surface area contributed by atoms with Crippen LogP contribution in [-0.2, 0) is 12.4 Å². The number of fused-ring (bicyclic) bond motifs is 1. The zero-order chi connectivity index (χ0) is 27.2. The number of halogens is 6. The number of anilines is 1. The first-order valence-corrected chi connectivity index (χ1v) is 12.3. The molecule has 6 nitrogen and oxygen atoms in total. The number of benzene rings is 2. The topological polar surface area (TPSA) is 68.3 Å². The molecule has 2 aromatic heterocycles. The van der Waals surface area contributed by atoms with Gasteiger partial charge in [0.1, 0.15) is 4.88 Å². The molecule has 0 atom stereocenters. The predicted molar refractivity (Wildman–Crippen MR) is 133 cm³/mol. The van der Waals surface area contributed by atoms with Crippen LogP contribution < -0.4 is 4.90 Å². The number of likely N-dealkylation sites (N-methyl/N-ethyl adjacent to an activating group) is 1. The highest BCUT2D eigenvalue weighted by atomic mass is 32.1. The Morgan fingerprint density at radius 1 is 1.00 bits per heavy atom. The van der Waals surface area contributed by atoms with Crippen molar-refractivity contribution in [3.63, 3.8) is 0 Å². The van der Waals surface area contributed by atoms with Gasteiger partial charge in [0, 0.05) is 37.1 Å². The summed E-state index contributed by atoms with van der Waals surface area (Å²) in [5.41, 5.74) is -1.99. The lowest BCUT2D eigenvalue weighted by molar-refractivity contribution is -0.143. The Morgan fingerprint density at radius 3 is 2.42 bits per heavy atom. The molecular formula is C25H21F6N5OS. The summed E-state index contributed by atoms with van der Waals surface area (Å²) in [6, 6.07) is 6.50. The molecule has 1 fully saturated rings. The van der Waals surface area contributed by atoms with E-state index in [0.29, 0.717) is 40.8 Å². The molecule has 200 valence electrons. The molecule has 13 heteroatoms. The minimum absolute atomic E-state index is 0.102. The molecule has 0 radical (unpaired) electrons. The minimum atomic E-state index is -5.05. The number of aromatic nitrogens is 3. The quantitative estimate of drug-likeness (QED) is 0.236. The van der Waals surface area contributed by atoms with Crippen molar-refractivity contribution in [3.8, 4) is 5.88 Å². The van der Waals surface area contributed by atoms with Gasteiger partial charge >= 0.3 is 12.4 Å². The van der Waals surface area contributed by atoms with Gasteiger partial charge in [0.15, 0.2) is 5.13 Å². The van der Waals surface area contributed by atoms with Crippen molar-refractivity contribution >= 4 is 39.0 Å². The van der Waals surface area contributed by atoms with E-state index in [2.05, 4.69) is 20.1 Å². The van der Waals surface area contributed by atoms with Crippen LogP contribution in [0.4, 0.5) is 31.5 Å². The summed E-state index contributed by atoms with van der Waals surface area (Å²) in [4.78, 5) is 8.59. The second-order valence-electron chi connectivity index (χ2n) is 8.97. The second-order valence-corrected chi connectivity index (χ2v) is 9.94. The molecule has 0 unspecified atom stereocenters. The van der Waals surface area contributed by atoms with E-state index >= 15 is 0 Å². The highest BCUT2D eigenvalue weighted by Gasteiger charge is 2.38. The van der Waals surface area contributed by atoms with E-state index in [4.69, 9.17) is 0 Å². The lowest BCUT2D eigenvalue weighted by Gasteiger charge is -2.31. The number of H-pyrrole nitrogens is 1. The van der Waals surface area contributed by atoms with Crippen molar-refractivity contribution in [1.82, 2.24) is 20.1 Å². The Morgan fingerprint density at radius 2 is 1.74 bits per heavy atom. The summed E-state index contributed by atoms with van der Waals surface area (Å²) in [5.74, 6) is -0.372. The predicted octanol–water partition coefficient (Wildman–Crippen LogP) is 6.10. The van der Waals surface area contributed by atoms with E-state index in [-0.39, 0.29) is 22.4 Å². The first-order chi connectivity index (χ1) is 17.9. The van der Waals surface area contributed by atoms with E-state index in [1.54, 1.807) is 18.2 Å². The third-order valence-electron chi connectivity index (χ3n) is 6.35. The van der Waals surface area contributed by atoms with Crippen LogP contribution in [0.15, 0.2) is 42.6 Å². The van der Waals surface area contributed by atoms with Crippen molar-refractivity contribution < 1.29 is 31.4 Å². The van der Waals surface area contributed by atoms with Crippen molar-refractivity contribution in [1.29, 1.82) is 0 Å². The number of alkyl halides is 6. The van der Waals surface area contributed by atoms with Crippen LogP contribution in [0.3, 0.4) is 0 Å². The lowest BCUT2D eigenvalue weighted by atomic mass is 9.96. The maximum absolute atomic E-state index is 13.9. The van der Waals surface area contributed by atoms with E-state index in [9.17, 15) is 31.4 Å². The number of hydrogen-bond donors (Lipinski definition) is 2. The molecule has 0 saturated carbocycles. The van der Waals surface area contributed by atoms with Crippen LogP contribution in [0.5, 0.6) is 5.88 Å². The Bertz CT molecular complexity index is 1500. The Hall–Kier alpha value is -3.58. The van der Waals surface area contributed by atoms with Gasteiger partial charge in [0.2, 0.25) is 5.88 Å². The maximum atomic E-state index is 13.9. The Balaban J connectivity index is 1.68. The molecule has 1 aliphatic heterocycles. The van der Waals surface area contributed by atoms with Crippen molar-refractivity contribution in [2.24, 2.45) is 0 Å². The zero-order valence-electron chi connectivity index (χ0n) is 19.9. The van der Waals surface area contributed by atoms with Crippen molar-refractivity contribution in [2.75, 3.05) is 38.1 Å². The molecule has 4 aromatic rings. The number of nitrogens with zero attached hydrogens (tertiary/aromatic N) is 4. The SMILES string of the molecule is CN1CCN(c2nc(O)c(C(=Cc3ccc(C(F)(F)F)cc3C(F)(F)F)c3ccc4[nH]ncc4c3)s2)CC1. The number of rotatable bonds is 4. The van der Waals surface area contributed by atoms with Gasteiger partial charge in [-0.3, -0.25) is 5.10 Å². The second kappa shape index (κ2) is 9.62. The summed E-state index contributed by atoms with van der Waals surface area (Å²) in [6.45, 7) is 2.85. The standard InChI is InChI=1S/C25H21F6N5OS/c1-35-6-8-36(9-7-35)23-33-22(37)21(38-23)18(14-3-5-20-16(10-14)13-32-34-20)11-15-2-4-17(24(26,27)28)12-19(15)25(29,30)31/h2-5,10-13,37H,6-9H2,1H3,(H,32,34). The van der Waals surface area contributed by atoms with E-state index in [0.717, 1.165) is 36.6 Å². The molecule has 0 spiro atoms. The summed E-state index contributed by atoms with van der Waals surface area (Å²) < 4.78 is 81.4. The zero-order valence-corrected chi connectivity index (χ0v) is 20.7. The van der Waals surface area contributed by atoms with Crippen LogP contribution in [-0.4, -0.2) is 58.4 Å². The van der Waals surface area contributed by atoms with E-state index in [1.165, 1.54) is 6.20 Å². The van der Waals surface area contributed by atoms with Crippen LogP contribution in [0.2, 0.25) is 0 Å². The first kappa shape index (κ1) is 26.0. The number of aromatic hydroxyl groups is 1. The van der Waals surface area contributed by atoms with Gasteiger partial charge in [-0.2, -0.15) is 36.4 Å². The third kappa shape index (κ3) is 5.20. The normalized spacial score (nSPS) is 16.0. The molecule has 0 amide bonds. The fourth-order valence-corrected chi connectivity index (χ4v) is 5.31. The molecule has 38 heavy (non-hydrogen) atoms. The summed E-state index contributed by atoms with van der Waals surface area (Å²) >= 11 is 1.11. The molecule has 3 heterocycles. The smallest absolute Gasteiger partial charge is 0.417 e. The highest BCUT2D eigenvalue weighted by Crippen LogP contribution is 2.43. The summed E-state index contributed by atoms with van der Waals surface area (Å²) in [6.07, 6.45) is -7.30. The minimum Gasteiger partial charge on any atom is -0.492 e. The average Bonchev–Trinajstić information content (AvgIpc) is 3.48. The fourth-order valence-electron chi connectivity index (χ4n) is 4.26. The third-order valence-corrected chi connectivity index (χ3v) is 7.49. The molecule has 5 rings (SSSR count). The summed E-state index contributed by atoms with van der Waals surface area (Å²) in [7, 11) is 1.98. The number of aromatic amines is 1. The van der Waals surface area contributed by atoms with Crippen molar-refractivity contribution in [2.45, 2.75) is 12.4 Å². The van der Waals surface area contributed by atoms with E-state index in [1.807, 2.05) is 11.9 Å². The van der Waals surface area contributed by atoms with Crippen LogP contribution >= 0.6 is 11.3 Å². The van der Waals surface area contributed by atoms with Crippen LogP contribution in [0.1, 0.15) is 27.1 Å². The first-order valence-electron chi connectivity index (χ1n) is 11.5. The molecule has 2 N–H and O–H groups in total. The van der Waals surface area contributed by atoms with Gasteiger partial charge in [-0.05, 0) is 48.5 Å². The number of piperazine rings is 1. The van der Waals surface area contributed by atoms with Gasteiger partial charge in [0.25, 0.3) is 0 Å². The number of hydrogen-bond acceptors (Lipinski definition) is 6. The average molecular weight is 554 g/mol. The van der Waals surface area contributed by atoms with Gasteiger partial charge in [-0.15, -0.1) is 0 Å². The number of nitrogens with one attached hydrogen (secondary N) is 1. The largest absolute Gasteiger partial charge is 0.492 e. The molecule has 1 saturated heterocycles. The van der Waals surface area contributed by atoms with Gasteiger partial charge in [-0.25, -0.2) is 0 Å². The number of thiazole rings is 1. The molecule has 0 aliphatic carbocycles. The fraction of sp³-hybridized carbons (Fsp3) is 0.280.